The molecule has 7 heteroatoms. The van der Waals surface area contributed by atoms with E-state index in [0.717, 1.165) is 11.8 Å². The molecule has 3 atom stereocenters. The summed E-state index contributed by atoms with van der Waals surface area (Å²) in [5.41, 5.74) is 1.19. The monoisotopic (exact) mass is 401 g/mol. The molecule has 2 bridgehead atoms. The number of para-hydroxylation sites is 1. The van der Waals surface area contributed by atoms with E-state index < -0.39 is 10.0 Å². The topological polar surface area (TPSA) is 70.2 Å². The van der Waals surface area contributed by atoms with Crippen LogP contribution in [0.4, 0.5) is 11.4 Å². The van der Waals surface area contributed by atoms with Crippen molar-refractivity contribution < 1.29 is 8.42 Å². The third-order valence-electron chi connectivity index (χ3n) is 5.48. The van der Waals surface area contributed by atoms with Gasteiger partial charge >= 0.3 is 0 Å². The number of fused-ring (bicyclic) bond motifs is 2. The summed E-state index contributed by atoms with van der Waals surface area (Å²) >= 11 is 5.44. The van der Waals surface area contributed by atoms with Gasteiger partial charge in [-0.3, -0.25) is 4.72 Å². The largest absolute Gasteiger partial charge is 0.359 e. The first-order valence-corrected chi connectivity index (χ1v) is 11.1. The molecule has 27 heavy (non-hydrogen) atoms. The van der Waals surface area contributed by atoms with Crippen molar-refractivity contribution in [1.82, 2.24) is 5.32 Å². The Morgan fingerprint density at radius 3 is 2.44 bits per heavy atom. The van der Waals surface area contributed by atoms with E-state index >= 15 is 0 Å². The first kappa shape index (κ1) is 18.3. The van der Waals surface area contributed by atoms with Gasteiger partial charge in [-0.1, -0.05) is 30.7 Å². The van der Waals surface area contributed by atoms with Crippen LogP contribution in [0.5, 0.6) is 0 Å². The number of sulfonamides is 1. The molecular formula is C20H23N3O2S2. The van der Waals surface area contributed by atoms with Crippen molar-refractivity contribution in [2.24, 2.45) is 11.8 Å². The van der Waals surface area contributed by atoms with Crippen molar-refractivity contribution in [2.45, 2.75) is 36.6 Å². The van der Waals surface area contributed by atoms with Crippen LogP contribution in [0.1, 0.15) is 25.7 Å². The molecular weight excluding hydrogens is 378 g/mol. The molecule has 2 aliphatic carbocycles. The van der Waals surface area contributed by atoms with E-state index in [1.165, 1.54) is 25.7 Å². The lowest BCUT2D eigenvalue weighted by Crippen LogP contribution is -2.40. The number of anilines is 2. The summed E-state index contributed by atoms with van der Waals surface area (Å²) in [7, 11) is -3.65. The van der Waals surface area contributed by atoms with E-state index in [-0.39, 0.29) is 4.90 Å². The molecule has 0 aromatic heterocycles. The Morgan fingerprint density at radius 1 is 0.963 bits per heavy atom. The fourth-order valence-corrected chi connectivity index (χ4v) is 5.59. The van der Waals surface area contributed by atoms with E-state index in [1.807, 2.05) is 12.1 Å². The van der Waals surface area contributed by atoms with Gasteiger partial charge in [-0.2, -0.15) is 0 Å². The van der Waals surface area contributed by atoms with E-state index in [4.69, 9.17) is 12.2 Å². The molecule has 0 aliphatic heterocycles. The molecule has 5 nitrogen and oxygen atoms in total. The maximum atomic E-state index is 12.6. The van der Waals surface area contributed by atoms with Crippen LogP contribution >= 0.6 is 12.2 Å². The molecule has 0 heterocycles. The maximum Gasteiger partial charge on any atom is 0.261 e. The highest BCUT2D eigenvalue weighted by Crippen LogP contribution is 2.44. The number of hydrogen-bond acceptors (Lipinski definition) is 3. The molecule has 2 fully saturated rings. The van der Waals surface area contributed by atoms with Gasteiger partial charge in [0.2, 0.25) is 0 Å². The van der Waals surface area contributed by atoms with Gasteiger partial charge in [0, 0.05) is 17.4 Å². The third-order valence-corrected chi connectivity index (χ3v) is 7.08. The second-order valence-corrected chi connectivity index (χ2v) is 9.47. The first-order chi connectivity index (χ1) is 13.0. The van der Waals surface area contributed by atoms with Gasteiger partial charge in [-0.05, 0) is 73.6 Å². The van der Waals surface area contributed by atoms with Crippen molar-refractivity contribution in [3.05, 3.63) is 54.6 Å². The lowest BCUT2D eigenvalue weighted by atomic mass is 9.96. The van der Waals surface area contributed by atoms with E-state index in [1.54, 1.807) is 42.5 Å². The molecule has 4 rings (SSSR count). The quantitative estimate of drug-likeness (QED) is 0.662. The molecule has 0 saturated heterocycles. The molecule has 0 amide bonds. The van der Waals surface area contributed by atoms with Crippen LogP contribution in [-0.2, 0) is 10.0 Å². The Balaban J connectivity index is 1.42. The minimum Gasteiger partial charge on any atom is -0.359 e. The Hall–Kier alpha value is -2.12. The van der Waals surface area contributed by atoms with Crippen LogP contribution in [0.25, 0.3) is 0 Å². The van der Waals surface area contributed by atoms with Crippen molar-refractivity contribution in [1.29, 1.82) is 0 Å². The standard InChI is InChI=1S/C20H23N3O2S2/c24-27(25,23-16-5-2-1-3-6-16)18-8-4-7-17(13-18)21-20(26)22-19-12-14-9-10-15(19)11-14/h1-8,13-15,19,23H,9-12H2,(H2,21,22,26). The van der Waals surface area contributed by atoms with Gasteiger partial charge in [0.05, 0.1) is 4.90 Å². The second kappa shape index (κ2) is 7.48. The lowest BCUT2D eigenvalue weighted by molar-refractivity contribution is 0.392. The Labute approximate surface area is 165 Å². The predicted octanol–water partition coefficient (Wildman–Crippen LogP) is 3.96. The average Bonchev–Trinajstić information content (AvgIpc) is 3.25. The third kappa shape index (κ3) is 4.25. The molecule has 142 valence electrons. The summed E-state index contributed by atoms with van der Waals surface area (Å²) in [5, 5.41) is 7.10. The number of nitrogens with one attached hydrogen (secondary N) is 3. The summed E-state index contributed by atoms with van der Waals surface area (Å²) in [6.07, 6.45) is 5.11. The number of hydrogen-bond donors (Lipinski definition) is 3. The van der Waals surface area contributed by atoms with Crippen LogP contribution in [0.15, 0.2) is 59.5 Å². The van der Waals surface area contributed by atoms with Crippen LogP contribution in [0.3, 0.4) is 0 Å². The van der Waals surface area contributed by atoms with Crippen LogP contribution in [0, 0.1) is 11.8 Å². The molecule has 2 aromatic rings. The van der Waals surface area contributed by atoms with E-state index in [2.05, 4.69) is 15.4 Å². The van der Waals surface area contributed by atoms with Gasteiger partial charge < -0.3 is 10.6 Å². The van der Waals surface area contributed by atoms with Gasteiger partial charge in [-0.15, -0.1) is 0 Å². The van der Waals surface area contributed by atoms with E-state index in [9.17, 15) is 8.42 Å². The zero-order valence-corrected chi connectivity index (χ0v) is 16.5. The van der Waals surface area contributed by atoms with Crippen LogP contribution in [0.2, 0.25) is 0 Å². The van der Waals surface area contributed by atoms with Crippen molar-refractivity contribution in [3.63, 3.8) is 0 Å². The maximum absolute atomic E-state index is 12.6. The zero-order chi connectivity index (χ0) is 18.9. The molecule has 2 aliphatic rings. The predicted molar refractivity (Wildman–Crippen MR) is 112 cm³/mol. The molecule has 0 spiro atoms. The fraction of sp³-hybridized carbons (Fsp3) is 0.350. The SMILES string of the molecule is O=S(=O)(Nc1ccccc1)c1cccc(NC(=S)NC2CC3CCC2C3)c1. The normalized spacial score (nSPS) is 23.8. The number of benzene rings is 2. The molecule has 3 N–H and O–H groups in total. The smallest absolute Gasteiger partial charge is 0.261 e. The zero-order valence-electron chi connectivity index (χ0n) is 14.9. The summed E-state index contributed by atoms with van der Waals surface area (Å²) in [6.45, 7) is 0. The van der Waals surface area contributed by atoms with Crippen molar-refractivity contribution in [2.75, 3.05) is 10.0 Å². The fourth-order valence-electron chi connectivity index (χ4n) is 4.22. The summed E-state index contributed by atoms with van der Waals surface area (Å²) in [4.78, 5) is 0.194. The van der Waals surface area contributed by atoms with Crippen molar-refractivity contribution in [3.8, 4) is 0 Å². The summed E-state index contributed by atoms with van der Waals surface area (Å²) < 4.78 is 27.8. The minimum atomic E-state index is -3.65. The Bertz CT molecular complexity index is 931. The Morgan fingerprint density at radius 2 is 1.74 bits per heavy atom. The lowest BCUT2D eigenvalue weighted by Gasteiger charge is -2.24. The van der Waals surface area contributed by atoms with E-state index in [0.29, 0.717) is 22.5 Å². The highest BCUT2D eigenvalue weighted by atomic mass is 32.2. The van der Waals surface area contributed by atoms with Gasteiger partial charge in [0.25, 0.3) is 10.0 Å². The van der Waals surface area contributed by atoms with Gasteiger partial charge in [0.15, 0.2) is 5.11 Å². The average molecular weight is 402 g/mol. The van der Waals surface area contributed by atoms with Gasteiger partial charge in [-0.25, -0.2) is 8.42 Å². The summed E-state index contributed by atoms with van der Waals surface area (Å²) in [5.74, 6) is 1.56. The van der Waals surface area contributed by atoms with Crippen molar-refractivity contribution >= 4 is 38.7 Å². The number of thiocarbonyl (C=S) groups is 1. The minimum absolute atomic E-state index is 0.194. The highest BCUT2D eigenvalue weighted by molar-refractivity contribution is 7.92. The molecule has 0 radical (unpaired) electrons. The molecule has 3 unspecified atom stereocenters. The first-order valence-electron chi connectivity index (χ1n) is 9.25. The molecule has 2 saturated carbocycles. The molecule has 2 aromatic carbocycles. The Kier molecular flexibility index (Phi) is 5.06. The highest BCUT2D eigenvalue weighted by Gasteiger charge is 2.39. The number of rotatable bonds is 5. The van der Waals surface area contributed by atoms with Crippen LogP contribution < -0.4 is 15.4 Å². The second-order valence-electron chi connectivity index (χ2n) is 7.38. The summed E-state index contributed by atoms with van der Waals surface area (Å²) in [6, 6.07) is 16.0. The van der Waals surface area contributed by atoms with Gasteiger partial charge in [0.1, 0.15) is 0 Å². The van der Waals surface area contributed by atoms with Crippen LogP contribution in [-0.4, -0.2) is 19.6 Å².